The fourth-order valence-electron chi connectivity index (χ4n) is 4.60. The zero-order valence-corrected chi connectivity index (χ0v) is 17.7. The smallest absolute Gasteiger partial charge is 0.407 e. The van der Waals surface area contributed by atoms with Crippen LogP contribution in [0.3, 0.4) is 0 Å². The van der Waals surface area contributed by atoms with Crippen molar-refractivity contribution in [3.05, 3.63) is 59.7 Å². The number of hydrogen-bond acceptors (Lipinski definition) is 5. The zero-order valence-electron chi connectivity index (χ0n) is 17.7. The maximum absolute atomic E-state index is 12.5. The molecule has 0 unspecified atom stereocenters. The Kier molecular flexibility index (Phi) is 6.14. The Labute approximate surface area is 185 Å². The monoisotopic (exact) mass is 438 g/mol. The molecule has 3 atom stereocenters. The lowest BCUT2D eigenvalue weighted by atomic mass is 9.98. The molecule has 0 spiro atoms. The molecule has 3 N–H and O–H groups in total. The van der Waals surface area contributed by atoms with Crippen LogP contribution in [0.15, 0.2) is 48.5 Å². The van der Waals surface area contributed by atoms with E-state index in [1.165, 1.54) is 0 Å². The number of amides is 2. The van der Waals surface area contributed by atoms with E-state index in [1.807, 2.05) is 36.4 Å². The highest BCUT2D eigenvalue weighted by Gasteiger charge is 2.39. The van der Waals surface area contributed by atoms with Crippen molar-refractivity contribution >= 4 is 18.0 Å². The number of carboxylic acids is 1. The molecule has 168 valence electrons. The van der Waals surface area contributed by atoms with E-state index >= 15 is 0 Å². The summed E-state index contributed by atoms with van der Waals surface area (Å²) in [4.78, 5) is 37.3. The van der Waals surface area contributed by atoms with Gasteiger partial charge in [-0.1, -0.05) is 48.5 Å². The summed E-state index contributed by atoms with van der Waals surface area (Å²) in [5.74, 6) is -1.64. The lowest BCUT2D eigenvalue weighted by molar-refractivity contribution is -0.148. The number of hydrogen-bond donors (Lipinski definition) is 3. The van der Waals surface area contributed by atoms with Gasteiger partial charge in [-0.05, 0) is 29.2 Å². The molecule has 0 aromatic heterocycles. The average Bonchev–Trinajstić information content (AvgIpc) is 3.31. The Morgan fingerprint density at radius 3 is 2.28 bits per heavy atom. The molecule has 2 amide bonds. The van der Waals surface area contributed by atoms with E-state index in [1.54, 1.807) is 6.92 Å². The molecule has 1 fully saturated rings. The predicted molar refractivity (Wildman–Crippen MR) is 116 cm³/mol. The Balaban J connectivity index is 1.33. The van der Waals surface area contributed by atoms with Crippen LogP contribution in [0, 0.1) is 0 Å². The van der Waals surface area contributed by atoms with Crippen molar-refractivity contribution in [3.63, 3.8) is 0 Å². The highest BCUT2D eigenvalue weighted by atomic mass is 16.5. The first kappa shape index (κ1) is 21.8. The minimum atomic E-state index is -1.15. The molecule has 1 heterocycles. The third-order valence-electron chi connectivity index (χ3n) is 6.07. The first-order valence-corrected chi connectivity index (χ1v) is 10.7. The number of alkyl carbamates (subject to hydrolysis) is 1. The van der Waals surface area contributed by atoms with Crippen LogP contribution in [-0.4, -0.2) is 64.4 Å². The summed E-state index contributed by atoms with van der Waals surface area (Å²) in [5, 5.41) is 21.6. The van der Waals surface area contributed by atoms with Crippen LogP contribution in [0.5, 0.6) is 0 Å². The van der Waals surface area contributed by atoms with Crippen molar-refractivity contribution in [3.8, 4) is 11.1 Å². The fraction of sp³-hybridized carbons (Fsp3) is 0.375. The van der Waals surface area contributed by atoms with E-state index in [0.717, 1.165) is 27.2 Å². The van der Waals surface area contributed by atoms with Gasteiger partial charge in [0.2, 0.25) is 5.91 Å². The van der Waals surface area contributed by atoms with E-state index in [9.17, 15) is 24.6 Å². The molecule has 2 aromatic rings. The number of aliphatic carboxylic acids is 1. The number of β-amino-alcohol motifs (C(OH)–C–C–N with tert-alkyl or cyclic N) is 1. The van der Waals surface area contributed by atoms with Crippen LogP contribution < -0.4 is 5.32 Å². The molecule has 0 bridgehead atoms. The van der Waals surface area contributed by atoms with Gasteiger partial charge in [0.15, 0.2) is 0 Å². The predicted octanol–water partition coefficient (Wildman–Crippen LogP) is 2.35. The summed E-state index contributed by atoms with van der Waals surface area (Å²) < 4.78 is 5.48. The molecule has 8 nitrogen and oxygen atoms in total. The van der Waals surface area contributed by atoms with Crippen molar-refractivity contribution < 1.29 is 29.3 Å². The molecule has 1 saturated heterocycles. The van der Waals surface area contributed by atoms with E-state index in [2.05, 4.69) is 17.4 Å². The van der Waals surface area contributed by atoms with Crippen LogP contribution >= 0.6 is 0 Å². The SMILES string of the molecule is C[C@H](CC(=O)N1C[C@H](O)C[C@H]1C(=O)O)NC(=O)OCC1c2ccccc2-c2ccccc21. The van der Waals surface area contributed by atoms with Gasteiger partial charge in [0.05, 0.1) is 6.10 Å². The molecule has 2 aromatic carbocycles. The van der Waals surface area contributed by atoms with Crippen molar-refractivity contribution in [2.45, 2.75) is 43.9 Å². The number of ether oxygens (including phenoxy) is 1. The Hall–Kier alpha value is -3.39. The van der Waals surface area contributed by atoms with Crippen molar-refractivity contribution in [1.29, 1.82) is 0 Å². The van der Waals surface area contributed by atoms with Gasteiger partial charge >= 0.3 is 12.1 Å². The number of fused-ring (bicyclic) bond motifs is 3. The van der Waals surface area contributed by atoms with Crippen LogP contribution in [0.25, 0.3) is 11.1 Å². The van der Waals surface area contributed by atoms with Crippen LogP contribution in [0.4, 0.5) is 4.79 Å². The molecular weight excluding hydrogens is 412 g/mol. The average molecular weight is 438 g/mol. The molecule has 1 aliphatic carbocycles. The number of aliphatic hydroxyl groups excluding tert-OH is 1. The number of aliphatic hydroxyl groups is 1. The third-order valence-corrected chi connectivity index (χ3v) is 6.07. The molecule has 8 heteroatoms. The van der Waals surface area contributed by atoms with Crippen molar-refractivity contribution in [1.82, 2.24) is 10.2 Å². The maximum atomic E-state index is 12.5. The van der Waals surface area contributed by atoms with E-state index in [4.69, 9.17) is 4.74 Å². The summed E-state index contributed by atoms with van der Waals surface area (Å²) in [7, 11) is 0. The topological polar surface area (TPSA) is 116 Å². The van der Waals surface area contributed by atoms with Crippen LogP contribution in [0.1, 0.15) is 36.8 Å². The van der Waals surface area contributed by atoms with Crippen molar-refractivity contribution in [2.24, 2.45) is 0 Å². The standard InChI is InChI=1S/C24H26N2O6/c1-14(10-22(28)26-12-15(27)11-21(26)23(29)30)25-24(31)32-13-20-18-8-4-2-6-16(18)17-7-3-5-9-19(17)20/h2-9,14-15,20-21,27H,10-13H2,1H3,(H,25,31)(H,29,30)/t14-,15-,21+/m1/s1. The normalized spacial score (nSPS) is 20.4. The number of rotatable bonds is 6. The second-order valence-corrected chi connectivity index (χ2v) is 8.36. The number of benzene rings is 2. The third kappa shape index (κ3) is 4.31. The molecular formula is C24H26N2O6. The lowest BCUT2D eigenvalue weighted by Crippen LogP contribution is -2.44. The van der Waals surface area contributed by atoms with E-state index < -0.39 is 36.2 Å². The largest absolute Gasteiger partial charge is 0.480 e. The van der Waals surface area contributed by atoms with Gasteiger partial charge in [-0.25, -0.2) is 9.59 Å². The van der Waals surface area contributed by atoms with Gasteiger partial charge in [0.1, 0.15) is 12.6 Å². The minimum Gasteiger partial charge on any atom is -0.480 e. The van der Waals surface area contributed by atoms with Gasteiger partial charge < -0.3 is 25.2 Å². The first-order chi connectivity index (χ1) is 15.3. The summed E-state index contributed by atoms with van der Waals surface area (Å²) in [5.41, 5.74) is 4.49. The van der Waals surface area contributed by atoms with Gasteiger partial charge in [0.25, 0.3) is 0 Å². The summed E-state index contributed by atoms with van der Waals surface area (Å²) in [6, 6.07) is 14.5. The van der Waals surface area contributed by atoms with E-state index in [0.29, 0.717) is 0 Å². The van der Waals surface area contributed by atoms with Crippen LogP contribution in [0.2, 0.25) is 0 Å². The number of nitrogens with zero attached hydrogens (tertiary/aromatic N) is 1. The number of carboxylic acid groups (broad SMARTS) is 1. The van der Waals surface area contributed by atoms with Crippen LogP contribution in [-0.2, 0) is 14.3 Å². The van der Waals surface area contributed by atoms with Gasteiger partial charge in [0, 0.05) is 31.3 Å². The summed E-state index contributed by atoms with van der Waals surface area (Å²) in [6.45, 7) is 1.80. The number of nitrogens with one attached hydrogen (secondary N) is 1. The highest BCUT2D eigenvalue weighted by Crippen LogP contribution is 2.44. The number of carbonyl (C=O) groups is 3. The molecule has 0 saturated carbocycles. The number of carbonyl (C=O) groups excluding carboxylic acids is 2. The van der Waals surface area contributed by atoms with Gasteiger partial charge in [-0.3, -0.25) is 4.79 Å². The van der Waals surface area contributed by atoms with E-state index in [-0.39, 0.29) is 31.9 Å². The Morgan fingerprint density at radius 2 is 1.69 bits per heavy atom. The maximum Gasteiger partial charge on any atom is 0.407 e. The molecule has 2 aliphatic rings. The minimum absolute atomic E-state index is 0.00919. The first-order valence-electron chi connectivity index (χ1n) is 10.7. The summed E-state index contributed by atoms with van der Waals surface area (Å²) >= 11 is 0. The number of likely N-dealkylation sites (tertiary alicyclic amines) is 1. The lowest BCUT2D eigenvalue weighted by Gasteiger charge is -2.23. The quantitative estimate of drug-likeness (QED) is 0.638. The Bertz CT molecular complexity index is 993. The Morgan fingerprint density at radius 1 is 1.09 bits per heavy atom. The van der Waals surface area contributed by atoms with Gasteiger partial charge in [-0.2, -0.15) is 0 Å². The summed E-state index contributed by atoms with van der Waals surface area (Å²) in [6.07, 6.45) is -1.57. The van der Waals surface area contributed by atoms with Crippen molar-refractivity contribution in [2.75, 3.05) is 13.2 Å². The fourth-order valence-corrected chi connectivity index (χ4v) is 4.60. The molecule has 1 aliphatic heterocycles. The molecule has 4 rings (SSSR count). The molecule has 0 radical (unpaired) electrons. The second kappa shape index (κ2) is 9.00. The second-order valence-electron chi connectivity index (χ2n) is 8.36. The van der Waals surface area contributed by atoms with Gasteiger partial charge in [-0.15, -0.1) is 0 Å². The highest BCUT2D eigenvalue weighted by molar-refractivity contribution is 5.85. The molecule has 32 heavy (non-hydrogen) atoms. The zero-order chi connectivity index (χ0) is 22.8.